The van der Waals surface area contributed by atoms with Gasteiger partial charge in [-0.15, -0.1) is 11.3 Å². The Labute approximate surface area is 124 Å². The Morgan fingerprint density at radius 1 is 1.35 bits per heavy atom. The van der Waals surface area contributed by atoms with Crippen LogP contribution in [0, 0.1) is 0 Å². The molecule has 0 aromatic carbocycles. The molecule has 2 aliphatic rings. The lowest BCUT2D eigenvalue weighted by Gasteiger charge is -2.06. The van der Waals surface area contributed by atoms with Gasteiger partial charge in [0.1, 0.15) is 4.88 Å². The van der Waals surface area contributed by atoms with Crippen molar-refractivity contribution in [3.8, 4) is 0 Å². The molecule has 0 atom stereocenters. The zero-order valence-electron chi connectivity index (χ0n) is 12.0. The van der Waals surface area contributed by atoms with Crippen molar-refractivity contribution in [2.24, 2.45) is 0 Å². The minimum Gasteiger partial charge on any atom is -0.397 e. The van der Waals surface area contributed by atoms with Crippen molar-refractivity contribution in [2.45, 2.75) is 57.4 Å². The van der Waals surface area contributed by atoms with E-state index in [2.05, 4.69) is 17.6 Å². The van der Waals surface area contributed by atoms with E-state index in [4.69, 9.17) is 5.73 Å². The molecule has 2 fully saturated rings. The number of thiophene rings is 1. The normalized spacial score (nSPS) is 18.1. The Morgan fingerprint density at radius 3 is 2.70 bits per heavy atom. The number of hydrogen-bond donors (Lipinski definition) is 3. The molecule has 4 N–H and O–H groups in total. The average Bonchev–Trinajstić information content (AvgIpc) is 3.32. The number of carbonyl (C=O) groups excluding carboxylic acids is 1. The predicted molar refractivity (Wildman–Crippen MR) is 84.6 cm³/mol. The first-order valence-corrected chi connectivity index (χ1v) is 8.49. The van der Waals surface area contributed by atoms with Gasteiger partial charge in [0.05, 0.1) is 10.7 Å². The van der Waals surface area contributed by atoms with Gasteiger partial charge in [-0.3, -0.25) is 4.79 Å². The van der Waals surface area contributed by atoms with E-state index in [9.17, 15) is 4.79 Å². The molecule has 1 amide bonds. The van der Waals surface area contributed by atoms with E-state index in [1.807, 2.05) is 0 Å². The van der Waals surface area contributed by atoms with Crippen molar-refractivity contribution in [1.82, 2.24) is 5.32 Å². The van der Waals surface area contributed by atoms with E-state index in [1.165, 1.54) is 36.2 Å². The number of hydrogen-bond acceptors (Lipinski definition) is 4. The fraction of sp³-hybridized carbons (Fsp3) is 0.667. The number of carbonyl (C=O) groups is 1. The van der Waals surface area contributed by atoms with E-state index >= 15 is 0 Å². The first-order valence-electron chi connectivity index (χ1n) is 7.67. The lowest BCUT2D eigenvalue weighted by Crippen LogP contribution is -2.25. The highest BCUT2D eigenvalue weighted by Gasteiger charge is 2.34. The first kappa shape index (κ1) is 13.7. The number of amides is 1. The largest absolute Gasteiger partial charge is 0.397 e. The fourth-order valence-corrected chi connectivity index (χ4v) is 3.53. The minimum absolute atomic E-state index is 0.0143. The molecule has 110 valence electrons. The summed E-state index contributed by atoms with van der Waals surface area (Å²) < 4.78 is 0. The zero-order chi connectivity index (χ0) is 14.1. The fourth-order valence-electron chi connectivity index (χ4n) is 2.39. The number of nitrogens with two attached hydrogens (primary N) is 1. The Bertz CT molecular complexity index is 503. The molecule has 0 saturated heterocycles. The molecule has 2 aliphatic carbocycles. The van der Waals surface area contributed by atoms with Crippen molar-refractivity contribution in [1.29, 1.82) is 0 Å². The molecular formula is C15H23N3OS. The maximum atomic E-state index is 12.2. The van der Waals surface area contributed by atoms with E-state index in [0.29, 0.717) is 16.8 Å². The van der Waals surface area contributed by atoms with Gasteiger partial charge in [-0.05, 0) is 38.0 Å². The summed E-state index contributed by atoms with van der Waals surface area (Å²) in [6.45, 7) is 3.14. The lowest BCUT2D eigenvalue weighted by atomic mass is 10.1. The first-order chi connectivity index (χ1) is 9.70. The number of nitrogen functional groups attached to an aromatic ring is 1. The van der Waals surface area contributed by atoms with Gasteiger partial charge in [0.15, 0.2) is 0 Å². The van der Waals surface area contributed by atoms with Crippen LogP contribution in [-0.2, 0) is 0 Å². The maximum Gasteiger partial charge on any atom is 0.263 e. The second kappa shape index (κ2) is 5.64. The van der Waals surface area contributed by atoms with Crippen LogP contribution >= 0.6 is 11.3 Å². The summed E-state index contributed by atoms with van der Waals surface area (Å²) in [7, 11) is 0. The van der Waals surface area contributed by atoms with Gasteiger partial charge in [-0.2, -0.15) is 0 Å². The van der Waals surface area contributed by atoms with Crippen LogP contribution in [0.4, 0.5) is 10.7 Å². The molecular weight excluding hydrogens is 270 g/mol. The highest BCUT2D eigenvalue weighted by molar-refractivity contribution is 7.18. The van der Waals surface area contributed by atoms with Crippen LogP contribution in [0.15, 0.2) is 0 Å². The summed E-state index contributed by atoms with van der Waals surface area (Å²) in [5.41, 5.74) is 8.17. The molecule has 0 spiro atoms. The highest BCUT2D eigenvalue weighted by atomic mass is 32.1. The molecule has 0 radical (unpaired) electrons. The van der Waals surface area contributed by atoms with Crippen molar-refractivity contribution in [3.05, 3.63) is 10.4 Å². The minimum atomic E-state index is 0.0143. The number of rotatable bonds is 7. The van der Waals surface area contributed by atoms with Gasteiger partial charge >= 0.3 is 0 Å². The van der Waals surface area contributed by atoms with E-state index in [-0.39, 0.29) is 5.91 Å². The monoisotopic (exact) mass is 293 g/mol. The highest BCUT2D eigenvalue weighted by Crippen LogP contribution is 2.50. The smallest absolute Gasteiger partial charge is 0.263 e. The molecule has 20 heavy (non-hydrogen) atoms. The zero-order valence-corrected chi connectivity index (χ0v) is 12.8. The third-order valence-electron chi connectivity index (χ3n) is 3.90. The number of anilines is 2. The molecule has 0 unspecified atom stereocenters. The molecule has 1 aromatic rings. The van der Waals surface area contributed by atoms with Crippen LogP contribution in [0.25, 0.3) is 0 Å². The van der Waals surface area contributed by atoms with E-state index < -0.39 is 0 Å². The van der Waals surface area contributed by atoms with E-state index in [1.54, 1.807) is 0 Å². The third-order valence-corrected chi connectivity index (χ3v) is 5.08. The van der Waals surface area contributed by atoms with Crippen LogP contribution < -0.4 is 16.4 Å². The van der Waals surface area contributed by atoms with Gasteiger partial charge in [-0.1, -0.05) is 13.3 Å². The molecule has 1 aromatic heterocycles. The summed E-state index contributed by atoms with van der Waals surface area (Å²) in [6, 6.07) is 0.380. The predicted octanol–water partition coefficient (Wildman–Crippen LogP) is 3.31. The SMILES string of the molecule is CCCCNc1sc(C(=O)NC2CC2)c(N)c1C1CC1. The average molecular weight is 293 g/mol. The Morgan fingerprint density at radius 2 is 2.10 bits per heavy atom. The summed E-state index contributed by atoms with van der Waals surface area (Å²) in [5, 5.41) is 7.65. The summed E-state index contributed by atoms with van der Waals surface area (Å²) in [6.07, 6.45) is 6.93. The molecule has 4 nitrogen and oxygen atoms in total. The van der Waals surface area contributed by atoms with Gasteiger partial charge in [0.2, 0.25) is 0 Å². The Hall–Kier alpha value is -1.23. The number of unbranched alkanes of at least 4 members (excludes halogenated alkanes) is 1. The summed E-state index contributed by atoms with van der Waals surface area (Å²) in [4.78, 5) is 13.0. The molecule has 5 heteroatoms. The molecule has 1 heterocycles. The van der Waals surface area contributed by atoms with Crippen molar-refractivity contribution < 1.29 is 4.79 Å². The standard InChI is InChI=1S/C15H23N3OS/c1-2-3-8-17-15-11(9-4-5-9)12(16)13(20-15)14(19)18-10-6-7-10/h9-10,17H,2-8,16H2,1H3,(H,18,19). The second-order valence-electron chi connectivity index (χ2n) is 5.89. The van der Waals surface area contributed by atoms with Gasteiger partial charge in [0, 0.05) is 18.2 Å². The van der Waals surface area contributed by atoms with Crippen LogP contribution in [-0.4, -0.2) is 18.5 Å². The third kappa shape index (κ3) is 2.92. The molecule has 3 rings (SSSR count). The lowest BCUT2D eigenvalue weighted by molar-refractivity contribution is 0.0956. The quantitative estimate of drug-likeness (QED) is 0.676. The van der Waals surface area contributed by atoms with Gasteiger partial charge in [-0.25, -0.2) is 0 Å². The molecule has 0 aliphatic heterocycles. The Balaban J connectivity index is 1.78. The Kier molecular flexibility index (Phi) is 3.87. The summed E-state index contributed by atoms with van der Waals surface area (Å²) >= 11 is 1.53. The van der Waals surface area contributed by atoms with Crippen molar-refractivity contribution in [2.75, 3.05) is 17.6 Å². The van der Waals surface area contributed by atoms with E-state index in [0.717, 1.165) is 36.5 Å². The molecule has 2 saturated carbocycles. The van der Waals surface area contributed by atoms with Crippen molar-refractivity contribution in [3.63, 3.8) is 0 Å². The van der Waals surface area contributed by atoms with Gasteiger partial charge < -0.3 is 16.4 Å². The van der Waals surface area contributed by atoms with Crippen molar-refractivity contribution >= 4 is 27.9 Å². The van der Waals surface area contributed by atoms with Crippen LogP contribution in [0.2, 0.25) is 0 Å². The van der Waals surface area contributed by atoms with Crippen LogP contribution in [0.3, 0.4) is 0 Å². The maximum absolute atomic E-state index is 12.2. The number of nitrogens with one attached hydrogen (secondary N) is 2. The summed E-state index contributed by atoms with van der Waals surface area (Å²) in [5.74, 6) is 0.582. The van der Waals surface area contributed by atoms with Crippen LogP contribution in [0.1, 0.15) is 66.6 Å². The molecule has 0 bridgehead atoms. The van der Waals surface area contributed by atoms with Crippen LogP contribution in [0.5, 0.6) is 0 Å². The topological polar surface area (TPSA) is 67.2 Å². The van der Waals surface area contributed by atoms with Gasteiger partial charge in [0.25, 0.3) is 5.91 Å². The second-order valence-corrected chi connectivity index (χ2v) is 6.91.